The normalized spacial score (nSPS) is 22.7. The van der Waals surface area contributed by atoms with Crippen molar-refractivity contribution in [1.82, 2.24) is 0 Å². The van der Waals surface area contributed by atoms with Crippen LogP contribution in [0.3, 0.4) is 0 Å². The molecule has 3 rings (SSSR count). The summed E-state index contributed by atoms with van der Waals surface area (Å²) >= 11 is 0. The molecular formula is C15H21FN2. The molecule has 3 heteroatoms. The van der Waals surface area contributed by atoms with E-state index in [-0.39, 0.29) is 11.4 Å². The van der Waals surface area contributed by atoms with Crippen LogP contribution >= 0.6 is 0 Å². The van der Waals surface area contributed by atoms with Crippen molar-refractivity contribution in [1.29, 1.82) is 0 Å². The van der Waals surface area contributed by atoms with Gasteiger partial charge in [0.05, 0.1) is 5.69 Å². The van der Waals surface area contributed by atoms with Gasteiger partial charge in [-0.15, -0.1) is 0 Å². The number of rotatable bonds is 2. The van der Waals surface area contributed by atoms with Gasteiger partial charge >= 0.3 is 0 Å². The van der Waals surface area contributed by atoms with Crippen LogP contribution in [0.2, 0.25) is 0 Å². The molecule has 2 N–H and O–H groups in total. The minimum Gasteiger partial charge on any atom is -0.369 e. The fourth-order valence-corrected chi connectivity index (χ4v) is 3.33. The molecule has 2 fully saturated rings. The molecule has 0 spiro atoms. The van der Waals surface area contributed by atoms with E-state index in [9.17, 15) is 4.39 Å². The van der Waals surface area contributed by atoms with Crippen LogP contribution in [0.4, 0.5) is 10.1 Å². The lowest BCUT2D eigenvalue weighted by molar-refractivity contribution is 0.458. The van der Waals surface area contributed by atoms with Gasteiger partial charge in [-0.1, -0.05) is 18.9 Å². The van der Waals surface area contributed by atoms with Crippen molar-refractivity contribution < 1.29 is 4.39 Å². The van der Waals surface area contributed by atoms with E-state index in [1.54, 1.807) is 6.07 Å². The van der Waals surface area contributed by atoms with Crippen molar-refractivity contribution in [2.75, 3.05) is 18.0 Å². The molecule has 1 saturated heterocycles. The molecule has 1 saturated carbocycles. The summed E-state index contributed by atoms with van der Waals surface area (Å²) in [6, 6.07) is 5.62. The highest BCUT2D eigenvalue weighted by atomic mass is 19.1. The Morgan fingerprint density at radius 2 is 1.72 bits per heavy atom. The lowest BCUT2D eigenvalue weighted by atomic mass is 9.89. The highest BCUT2D eigenvalue weighted by molar-refractivity contribution is 5.50. The van der Waals surface area contributed by atoms with Crippen molar-refractivity contribution in [2.24, 2.45) is 5.73 Å². The van der Waals surface area contributed by atoms with Crippen LogP contribution in [0.5, 0.6) is 0 Å². The predicted octanol–water partition coefficient (Wildman–Crippen LogP) is 3.15. The van der Waals surface area contributed by atoms with Crippen molar-refractivity contribution in [3.05, 3.63) is 29.6 Å². The van der Waals surface area contributed by atoms with Gasteiger partial charge in [-0.25, -0.2) is 4.39 Å². The van der Waals surface area contributed by atoms with Crippen molar-refractivity contribution in [2.45, 2.75) is 44.1 Å². The molecule has 0 amide bonds. The second-order valence-corrected chi connectivity index (χ2v) is 5.72. The summed E-state index contributed by atoms with van der Waals surface area (Å²) in [6.07, 6.45) is 6.62. The van der Waals surface area contributed by atoms with Gasteiger partial charge in [-0.2, -0.15) is 0 Å². The first-order valence-corrected chi connectivity index (χ1v) is 7.03. The number of anilines is 1. The van der Waals surface area contributed by atoms with E-state index in [4.69, 9.17) is 5.73 Å². The lowest BCUT2D eigenvalue weighted by Gasteiger charge is -2.26. The average Bonchev–Trinajstić information content (AvgIpc) is 3.00. The molecule has 0 radical (unpaired) electrons. The van der Waals surface area contributed by atoms with E-state index in [0.29, 0.717) is 0 Å². The third-order valence-corrected chi connectivity index (χ3v) is 4.47. The van der Waals surface area contributed by atoms with Crippen molar-refractivity contribution in [3.63, 3.8) is 0 Å². The zero-order chi connectivity index (χ0) is 12.6. The molecule has 1 aromatic carbocycles. The Morgan fingerprint density at radius 1 is 1.06 bits per heavy atom. The molecule has 0 atom stereocenters. The summed E-state index contributed by atoms with van der Waals surface area (Å²) in [4.78, 5) is 2.14. The quantitative estimate of drug-likeness (QED) is 0.871. The van der Waals surface area contributed by atoms with Crippen LogP contribution in [-0.4, -0.2) is 13.1 Å². The standard InChI is InChI=1S/C15H21FN2/c16-13-11-12(15(17)7-1-2-8-15)5-6-14(13)18-9-3-4-10-18/h5-6,11H,1-4,7-10,17H2. The van der Waals surface area contributed by atoms with Gasteiger partial charge in [0.2, 0.25) is 0 Å². The maximum absolute atomic E-state index is 14.2. The molecule has 0 unspecified atom stereocenters. The average molecular weight is 248 g/mol. The molecule has 1 heterocycles. The van der Waals surface area contributed by atoms with Crippen LogP contribution in [-0.2, 0) is 5.54 Å². The fourth-order valence-electron chi connectivity index (χ4n) is 3.33. The number of hydrogen-bond donors (Lipinski definition) is 1. The van der Waals surface area contributed by atoms with Gasteiger partial charge in [-0.05, 0) is 43.4 Å². The lowest BCUT2D eigenvalue weighted by Crippen LogP contribution is -2.33. The SMILES string of the molecule is NC1(c2ccc(N3CCCC3)c(F)c2)CCCC1. The Kier molecular flexibility index (Phi) is 3.02. The minimum atomic E-state index is -0.287. The van der Waals surface area contributed by atoms with Crippen molar-refractivity contribution >= 4 is 5.69 Å². The second kappa shape index (κ2) is 4.54. The van der Waals surface area contributed by atoms with Gasteiger partial charge in [0.1, 0.15) is 5.82 Å². The van der Waals surface area contributed by atoms with E-state index in [1.807, 2.05) is 12.1 Å². The first-order valence-electron chi connectivity index (χ1n) is 7.03. The molecule has 98 valence electrons. The monoisotopic (exact) mass is 248 g/mol. The van der Waals surface area contributed by atoms with E-state index in [0.717, 1.165) is 50.0 Å². The van der Waals surface area contributed by atoms with Crippen LogP contribution in [0, 0.1) is 5.82 Å². The van der Waals surface area contributed by atoms with Crippen molar-refractivity contribution in [3.8, 4) is 0 Å². The maximum Gasteiger partial charge on any atom is 0.146 e. The third kappa shape index (κ3) is 2.01. The topological polar surface area (TPSA) is 29.3 Å². The van der Waals surface area contributed by atoms with E-state index < -0.39 is 0 Å². The largest absolute Gasteiger partial charge is 0.369 e. The first-order chi connectivity index (χ1) is 8.69. The molecule has 18 heavy (non-hydrogen) atoms. The highest BCUT2D eigenvalue weighted by Crippen LogP contribution is 2.37. The van der Waals surface area contributed by atoms with E-state index in [2.05, 4.69) is 4.90 Å². The zero-order valence-electron chi connectivity index (χ0n) is 10.8. The van der Waals surface area contributed by atoms with Crippen LogP contribution in [0.25, 0.3) is 0 Å². The Bertz CT molecular complexity index is 432. The van der Waals surface area contributed by atoms with Gasteiger partial charge in [0.25, 0.3) is 0 Å². The molecule has 0 bridgehead atoms. The molecule has 1 aliphatic heterocycles. The minimum absolute atomic E-state index is 0.105. The van der Waals surface area contributed by atoms with E-state index >= 15 is 0 Å². The molecule has 2 aliphatic rings. The predicted molar refractivity (Wildman–Crippen MR) is 72.2 cm³/mol. The zero-order valence-corrected chi connectivity index (χ0v) is 10.8. The summed E-state index contributed by atoms with van der Waals surface area (Å²) < 4.78 is 14.2. The number of halogens is 1. The van der Waals surface area contributed by atoms with Crippen LogP contribution in [0.1, 0.15) is 44.1 Å². The number of nitrogens with two attached hydrogens (primary N) is 1. The Hall–Kier alpha value is -1.09. The summed E-state index contributed by atoms with van der Waals surface area (Å²) in [6.45, 7) is 1.95. The van der Waals surface area contributed by atoms with Gasteiger partial charge in [0.15, 0.2) is 0 Å². The molecule has 1 aromatic rings. The third-order valence-electron chi connectivity index (χ3n) is 4.47. The first kappa shape index (κ1) is 12.0. The van der Waals surface area contributed by atoms with Gasteiger partial charge in [-0.3, -0.25) is 0 Å². The molecule has 1 aliphatic carbocycles. The molecular weight excluding hydrogens is 227 g/mol. The molecule has 2 nitrogen and oxygen atoms in total. The van der Waals surface area contributed by atoms with Gasteiger partial charge in [0, 0.05) is 18.6 Å². The Balaban J connectivity index is 1.88. The van der Waals surface area contributed by atoms with Gasteiger partial charge < -0.3 is 10.6 Å². The summed E-state index contributed by atoms with van der Waals surface area (Å²) in [7, 11) is 0. The summed E-state index contributed by atoms with van der Waals surface area (Å²) in [5.41, 5.74) is 7.81. The summed E-state index contributed by atoms with van der Waals surface area (Å²) in [5.74, 6) is -0.105. The second-order valence-electron chi connectivity index (χ2n) is 5.72. The molecule has 0 aromatic heterocycles. The van der Waals surface area contributed by atoms with Crippen LogP contribution < -0.4 is 10.6 Å². The Labute approximate surface area is 108 Å². The smallest absolute Gasteiger partial charge is 0.146 e. The number of benzene rings is 1. The van der Waals surface area contributed by atoms with E-state index in [1.165, 1.54) is 12.8 Å². The summed E-state index contributed by atoms with van der Waals surface area (Å²) in [5, 5.41) is 0. The fraction of sp³-hybridized carbons (Fsp3) is 0.600. The number of hydrogen-bond acceptors (Lipinski definition) is 2. The number of nitrogens with zero attached hydrogens (tertiary/aromatic N) is 1. The maximum atomic E-state index is 14.2. The van der Waals surface area contributed by atoms with Crippen LogP contribution in [0.15, 0.2) is 18.2 Å². The highest BCUT2D eigenvalue weighted by Gasteiger charge is 2.32. The Morgan fingerprint density at radius 3 is 2.33 bits per heavy atom.